The summed E-state index contributed by atoms with van der Waals surface area (Å²) in [4.78, 5) is 28.9. The van der Waals surface area contributed by atoms with Gasteiger partial charge in [-0.3, -0.25) is 14.5 Å². The van der Waals surface area contributed by atoms with Crippen LogP contribution in [0, 0.1) is 46.8 Å². The fourth-order valence-electron chi connectivity index (χ4n) is 8.88. The van der Waals surface area contributed by atoms with Gasteiger partial charge in [-0.1, -0.05) is 12.2 Å². The second-order valence-corrected chi connectivity index (χ2v) is 10.4. The van der Waals surface area contributed by atoms with E-state index in [1.54, 1.807) is 0 Å². The molecule has 3 heteroatoms. The molecule has 0 radical (unpaired) electrons. The Morgan fingerprint density at radius 2 is 1.25 bits per heavy atom. The molecule has 0 aromatic heterocycles. The molecular formula is C21H25NO2. The third-order valence-electron chi connectivity index (χ3n) is 9.33. The summed E-state index contributed by atoms with van der Waals surface area (Å²) in [6.45, 7) is 0. The molecule has 1 aliphatic heterocycles. The quantitative estimate of drug-likeness (QED) is 0.549. The molecule has 2 amide bonds. The van der Waals surface area contributed by atoms with Gasteiger partial charge in [-0.2, -0.15) is 0 Å². The van der Waals surface area contributed by atoms with Gasteiger partial charge in [0.2, 0.25) is 11.8 Å². The normalized spacial score (nSPS) is 57.5. The van der Waals surface area contributed by atoms with E-state index >= 15 is 0 Å². The lowest BCUT2D eigenvalue weighted by atomic mass is 9.52. The van der Waals surface area contributed by atoms with Crippen molar-refractivity contribution in [1.29, 1.82) is 0 Å². The summed E-state index contributed by atoms with van der Waals surface area (Å²) in [6.07, 6.45) is 14.5. The van der Waals surface area contributed by atoms with Crippen molar-refractivity contribution in [1.82, 2.24) is 4.90 Å². The molecule has 0 aromatic rings. The van der Waals surface area contributed by atoms with Crippen LogP contribution < -0.4 is 0 Å². The van der Waals surface area contributed by atoms with Crippen molar-refractivity contribution < 1.29 is 9.59 Å². The smallest absolute Gasteiger partial charge is 0.234 e. The van der Waals surface area contributed by atoms with E-state index in [4.69, 9.17) is 0 Å². The maximum Gasteiger partial charge on any atom is 0.234 e. The first kappa shape index (κ1) is 13.1. The van der Waals surface area contributed by atoms with Crippen LogP contribution in [0.2, 0.25) is 0 Å². The summed E-state index contributed by atoms with van der Waals surface area (Å²) in [5.74, 6) is 3.56. The second kappa shape index (κ2) is 3.68. The minimum atomic E-state index is -0.0799. The molecule has 4 atom stereocenters. The maximum atomic E-state index is 13.5. The molecule has 1 spiro atoms. The van der Waals surface area contributed by atoms with Gasteiger partial charge in [-0.15, -0.1) is 0 Å². The summed E-state index contributed by atoms with van der Waals surface area (Å²) in [5.41, 5.74) is 0.248. The highest BCUT2D eigenvalue weighted by Crippen LogP contribution is 2.74. The van der Waals surface area contributed by atoms with E-state index in [0.717, 1.165) is 37.0 Å². The van der Waals surface area contributed by atoms with Crippen LogP contribution in [0.15, 0.2) is 12.2 Å². The van der Waals surface area contributed by atoms with Crippen molar-refractivity contribution in [2.24, 2.45) is 46.8 Å². The Morgan fingerprint density at radius 3 is 1.67 bits per heavy atom. The zero-order valence-electron chi connectivity index (χ0n) is 14.1. The number of amides is 2. The number of carbonyl (C=O) groups excluding carboxylic acids is 2. The molecule has 1 heterocycles. The number of imide groups is 1. The number of allylic oxidation sites excluding steroid dienone is 2. The van der Waals surface area contributed by atoms with E-state index in [9.17, 15) is 9.59 Å². The molecule has 0 unspecified atom stereocenters. The minimum absolute atomic E-state index is 0.00278. The SMILES string of the molecule is O=C1[C@@H]2[C@H](C(=O)N1C13CC4CC(CC(C4)C1)C3)[C@H]1C=C[C@H]2C12CC2. The summed E-state index contributed by atoms with van der Waals surface area (Å²) in [7, 11) is 0. The molecule has 1 saturated heterocycles. The highest BCUT2D eigenvalue weighted by molar-refractivity contribution is 6.07. The molecule has 24 heavy (non-hydrogen) atoms. The van der Waals surface area contributed by atoms with Gasteiger partial charge >= 0.3 is 0 Å². The summed E-state index contributed by atoms with van der Waals surface area (Å²) < 4.78 is 0. The Bertz CT molecular complexity index is 648. The largest absolute Gasteiger partial charge is 0.276 e. The van der Waals surface area contributed by atoms with Gasteiger partial charge in [0.05, 0.1) is 17.4 Å². The Morgan fingerprint density at radius 1 is 0.792 bits per heavy atom. The molecule has 7 aliphatic carbocycles. The van der Waals surface area contributed by atoms with Crippen LogP contribution >= 0.6 is 0 Å². The number of nitrogens with zero attached hydrogens (tertiary/aromatic N) is 1. The predicted octanol–water partition coefficient (Wildman–Crippen LogP) is 3.15. The molecule has 0 aromatic carbocycles. The van der Waals surface area contributed by atoms with Crippen LogP contribution in [-0.4, -0.2) is 22.3 Å². The summed E-state index contributed by atoms with van der Waals surface area (Å²) in [5, 5.41) is 0. The topological polar surface area (TPSA) is 37.4 Å². The van der Waals surface area contributed by atoms with Crippen LogP contribution in [0.3, 0.4) is 0 Å². The van der Waals surface area contributed by atoms with Crippen molar-refractivity contribution in [2.75, 3.05) is 0 Å². The first-order valence-corrected chi connectivity index (χ1v) is 10.2. The van der Waals surface area contributed by atoms with Crippen LogP contribution in [0.1, 0.15) is 51.4 Å². The van der Waals surface area contributed by atoms with Crippen molar-refractivity contribution in [3.8, 4) is 0 Å². The average molecular weight is 323 g/mol. The van der Waals surface area contributed by atoms with Crippen LogP contribution in [-0.2, 0) is 9.59 Å². The third-order valence-corrected chi connectivity index (χ3v) is 9.33. The third kappa shape index (κ3) is 1.23. The number of carbonyl (C=O) groups is 2. The monoisotopic (exact) mass is 323 g/mol. The number of rotatable bonds is 1. The lowest BCUT2D eigenvalue weighted by Crippen LogP contribution is -2.62. The van der Waals surface area contributed by atoms with Gasteiger partial charge in [0.15, 0.2) is 0 Å². The van der Waals surface area contributed by atoms with Gasteiger partial charge < -0.3 is 0 Å². The molecular weight excluding hydrogens is 298 g/mol. The first-order chi connectivity index (χ1) is 11.6. The molecule has 0 N–H and O–H groups in total. The Labute approximate surface area is 142 Å². The molecule has 7 fully saturated rings. The Hall–Kier alpha value is -1.12. The highest BCUT2D eigenvalue weighted by atomic mass is 16.2. The first-order valence-electron chi connectivity index (χ1n) is 10.2. The lowest BCUT2D eigenvalue weighted by molar-refractivity contribution is -0.160. The molecule has 6 saturated carbocycles. The second-order valence-electron chi connectivity index (χ2n) is 10.4. The Kier molecular flexibility index (Phi) is 2.02. The number of likely N-dealkylation sites (tertiary alicyclic amines) is 1. The molecule has 126 valence electrons. The Balaban J connectivity index is 1.31. The lowest BCUT2D eigenvalue weighted by Gasteiger charge is -2.59. The highest BCUT2D eigenvalue weighted by Gasteiger charge is 2.75. The molecule has 8 aliphatic rings. The number of hydrogen-bond acceptors (Lipinski definition) is 2. The molecule has 8 rings (SSSR count). The summed E-state index contributed by atoms with van der Waals surface area (Å²) in [6, 6.07) is 0. The standard InChI is InChI=1S/C21H25NO2/c23-18-16-14-1-2-15(21(14)3-4-21)17(16)19(24)22(18)20-8-11-5-12(9-20)7-13(6-11)10-20/h1-2,11-17H,3-10H2/t11?,12?,13?,14-,15-,16-,17+,20?/m1/s1. The molecule has 3 nitrogen and oxygen atoms in total. The number of fused-ring (bicyclic) bond motifs is 3. The van der Waals surface area contributed by atoms with Gasteiger partial charge in [0, 0.05) is 0 Å². The van der Waals surface area contributed by atoms with Crippen molar-refractivity contribution in [2.45, 2.75) is 56.9 Å². The average Bonchev–Trinajstić information content (AvgIpc) is 3.10. The van der Waals surface area contributed by atoms with E-state index in [1.807, 2.05) is 4.90 Å². The van der Waals surface area contributed by atoms with Gasteiger partial charge in [0.1, 0.15) is 0 Å². The van der Waals surface area contributed by atoms with Crippen LogP contribution in [0.5, 0.6) is 0 Å². The van der Waals surface area contributed by atoms with Gasteiger partial charge in [0.25, 0.3) is 0 Å². The van der Waals surface area contributed by atoms with E-state index in [0.29, 0.717) is 17.3 Å². The van der Waals surface area contributed by atoms with Crippen molar-refractivity contribution in [3.05, 3.63) is 12.2 Å². The van der Waals surface area contributed by atoms with Crippen LogP contribution in [0.25, 0.3) is 0 Å². The van der Waals surface area contributed by atoms with Gasteiger partial charge in [-0.05, 0) is 86.4 Å². The summed E-state index contributed by atoms with van der Waals surface area (Å²) >= 11 is 0. The maximum absolute atomic E-state index is 13.5. The zero-order valence-corrected chi connectivity index (χ0v) is 14.1. The van der Waals surface area contributed by atoms with E-state index in [-0.39, 0.29) is 29.2 Å². The zero-order chi connectivity index (χ0) is 15.8. The van der Waals surface area contributed by atoms with E-state index in [1.165, 1.54) is 32.1 Å². The fraction of sp³-hybridized carbons (Fsp3) is 0.810. The molecule has 6 bridgehead atoms. The van der Waals surface area contributed by atoms with E-state index in [2.05, 4.69) is 12.2 Å². The van der Waals surface area contributed by atoms with Crippen LogP contribution in [0.4, 0.5) is 0 Å². The van der Waals surface area contributed by atoms with Crippen molar-refractivity contribution in [3.63, 3.8) is 0 Å². The van der Waals surface area contributed by atoms with E-state index < -0.39 is 0 Å². The predicted molar refractivity (Wildman–Crippen MR) is 87.5 cm³/mol. The van der Waals surface area contributed by atoms with Crippen molar-refractivity contribution >= 4 is 11.8 Å². The fourth-order valence-corrected chi connectivity index (χ4v) is 8.88. The van der Waals surface area contributed by atoms with Gasteiger partial charge in [-0.25, -0.2) is 0 Å². The number of hydrogen-bond donors (Lipinski definition) is 0. The minimum Gasteiger partial charge on any atom is -0.276 e.